The zero-order chi connectivity index (χ0) is 16.1. The summed E-state index contributed by atoms with van der Waals surface area (Å²) >= 11 is 8.03. The van der Waals surface area contributed by atoms with Gasteiger partial charge in [0.25, 0.3) is 0 Å². The quantitative estimate of drug-likeness (QED) is 0.0882. The molecule has 1 amide bonds. The van der Waals surface area contributed by atoms with E-state index in [1.54, 1.807) is 6.92 Å². The van der Waals surface area contributed by atoms with E-state index in [0.717, 1.165) is 0 Å². The van der Waals surface area contributed by atoms with Gasteiger partial charge in [0.05, 0.1) is 25.4 Å². The highest BCUT2D eigenvalue weighted by atomic mass is 32.5. The third kappa shape index (κ3) is 11.4. The van der Waals surface area contributed by atoms with Gasteiger partial charge in [0.15, 0.2) is 0 Å². The Morgan fingerprint density at radius 2 is 1.95 bits per heavy atom. The third-order valence-electron chi connectivity index (χ3n) is 1.85. The molecule has 0 radical (unpaired) electrons. The highest BCUT2D eigenvalue weighted by Crippen LogP contribution is 2.47. The van der Waals surface area contributed by atoms with Gasteiger partial charge in [-0.2, -0.15) is 0 Å². The standard InChI is InChI=1S/C10H22N3O4PS3/c1-5-15-18(19,16-6-2)7-12-21-8-11-10(14)17-13-9(3)20-4/h12H,5-8H2,1-4H3,(H,11,14). The number of oxime groups is 1. The van der Waals surface area contributed by atoms with E-state index in [-0.39, 0.29) is 0 Å². The van der Waals surface area contributed by atoms with Crippen LogP contribution in [0.3, 0.4) is 0 Å². The van der Waals surface area contributed by atoms with Crippen LogP contribution >= 0.6 is 30.2 Å². The molecule has 0 atom stereocenters. The molecule has 2 N–H and O–H groups in total. The van der Waals surface area contributed by atoms with Gasteiger partial charge in [0.1, 0.15) is 5.04 Å². The van der Waals surface area contributed by atoms with Crippen molar-refractivity contribution >= 4 is 53.1 Å². The van der Waals surface area contributed by atoms with Crippen molar-refractivity contribution in [2.75, 3.05) is 31.6 Å². The van der Waals surface area contributed by atoms with Crippen LogP contribution in [-0.2, 0) is 25.7 Å². The lowest BCUT2D eigenvalue weighted by Gasteiger charge is -2.20. The Kier molecular flexibility index (Phi) is 12.8. The molecule has 0 rings (SSSR count). The number of hydrogen-bond donors (Lipinski definition) is 2. The predicted octanol–water partition coefficient (Wildman–Crippen LogP) is 2.94. The van der Waals surface area contributed by atoms with Crippen LogP contribution in [-0.4, -0.2) is 42.8 Å². The first-order chi connectivity index (χ1) is 9.97. The molecule has 0 spiro atoms. The van der Waals surface area contributed by atoms with Crippen LogP contribution in [0.25, 0.3) is 0 Å². The van der Waals surface area contributed by atoms with Gasteiger partial charge < -0.3 is 14.4 Å². The molecule has 7 nitrogen and oxygen atoms in total. The molecule has 0 saturated carbocycles. The minimum Gasteiger partial charge on any atom is -0.329 e. The maximum atomic E-state index is 11.3. The number of nitrogens with zero attached hydrogens (tertiary/aromatic N) is 1. The molecular weight excluding hydrogens is 353 g/mol. The maximum Gasteiger partial charge on any atom is 0.434 e. The van der Waals surface area contributed by atoms with Gasteiger partial charge in [-0.3, -0.25) is 9.56 Å². The zero-order valence-corrected chi connectivity index (χ0v) is 15.9. The van der Waals surface area contributed by atoms with Gasteiger partial charge in [-0.05, 0) is 38.8 Å². The monoisotopic (exact) mass is 375 g/mol. The fourth-order valence-electron chi connectivity index (χ4n) is 0.968. The van der Waals surface area contributed by atoms with Crippen LogP contribution in [0.5, 0.6) is 0 Å². The van der Waals surface area contributed by atoms with Gasteiger partial charge in [0.2, 0.25) is 6.49 Å². The number of nitrogens with one attached hydrogen (secondary N) is 2. The zero-order valence-electron chi connectivity index (χ0n) is 12.6. The second-order valence-corrected chi connectivity index (χ2v) is 9.00. The first-order valence-electron chi connectivity index (χ1n) is 6.23. The number of amides is 1. The van der Waals surface area contributed by atoms with Crippen molar-refractivity contribution in [2.24, 2.45) is 5.16 Å². The topological polar surface area (TPSA) is 81.2 Å². The minimum atomic E-state index is -2.28. The lowest BCUT2D eigenvalue weighted by molar-refractivity contribution is 0.153. The molecule has 21 heavy (non-hydrogen) atoms. The molecule has 0 aromatic rings. The summed E-state index contributed by atoms with van der Waals surface area (Å²) in [5, 5.41) is 6.82. The fraction of sp³-hybridized carbons (Fsp3) is 0.800. The second-order valence-electron chi connectivity index (χ2n) is 3.41. The summed E-state index contributed by atoms with van der Waals surface area (Å²) in [6, 6.07) is 0. The largest absolute Gasteiger partial charge is 0.434 e. The number of rotatable bonds is 10. The molecule has 124 valence electrons. The normalized spacial score (nSPS) is 12.3. The Balaban J connectivity index is 3.84. The molecule has 0 unspecified atom stereocenters. The fourth-order valence-corrected chi connectivity index (χ4v) is 4.52. The molecule has 0 aliphatic rings. The van der Waals surface area contributed by atoms with Crippen molar-refractivity contribution in [3.63, 3.8) is 0 Å². The molecule has 0 fully saturated rings. The minimum absolute atomic E-state index is 0.320. The number of carbonyl (C=O) groups excluding carboxylic acids is 1. The Morgan fingerprint density at radius 1 is 1.33 bits per heavy atom. The van der Waals surface area contributed by atoms with Crippen LogP contribution in [0.1, 0.15) is 20.8 Å². The van der Waals surface area contributed by atoms with Crippen LogP contribution in [0.15, 0.2) is 5.16 Å². The van der Waals surface area contributed by atoms with E-state index in [1.807, 2.05) is 20.1 Å². The summed E-state index contributed by atoms with van der Waals surface area (Å²) in [6.07, 6.45) is 1.67. The van der Waals surface area contributed by atoms with Crippen molar-refractivity contribution in [3.05, 3.63) is 0 Å². The van der Waals surface area contributed by atoms with E-state index in [1.165, 1.54) is 23.7 Å². The van der Waals surface area contributed by atoms with Crippen LogP contribution < -0.4 is 10.0 Å². The van der Waals surface area contributed by atoms with Gasteiger partial charge >= 0.3 is 6.09 Å². The highest BCUT2D eigenvalue weighted by Gasteiger charge is 2.17. The van der Waals surface area contributed by atoms with E-state index in [9.17, 15) is 4.79 Å². The van der Waals surface area contributed by atoms with Crippen molar-refractivity contribution in [2.45, 2.75) is 20.8 Å². The van der Waals surface area contributed by atoms with Crippen LogP contribution in [0, 0.1) is 0 Å². The van der Waals surface area contributed by atoms with Crippen molar-refractivity contribution in [3.8, 4) is 0 Å². The van der Waals surface area contributed by atoms with E-state index >= 15 is 0 Å². The third-order valence-corrected chi connectivity index (χ3v) is 6.24. The van der Waals surface area contributed by atoms with Crippen LogP contribution in [0.2, 0.25) is 0 Å². The summed E-state index contributed by atoms with van der Waals surface area (Å²) in [5.41, 5.74) is 0. The summed E-state index contributed by atoms with van der Waals surface area (Å²) in [7, 11) is 0. The molecular formula is C10H22N3O4PS3. The lowest BCUT2D eigenvalue weighted by atomic mass is 10.9. The molecule has 0 aromatic carbocycles. The average Bonchev–Trinajstić information content (AvgIpc) is 2.44. The summed E-state index contributed by atoms with van der Waals surface area (Å²) in [6.45, 7) is 4.26. The average molecular weight is 375 g/mol. The summed E-state index contributed by atoms with van der Waals surface area (Å²) < 4.78 is 14.0. The SMILES string of the molecule is CCOP(=S)(CNSCNC(=O)ON=C(C)SC)OCC. The van der Waals surface area contributed by atoms with E-state index in [4.69, 9.17) is 20.9 Å². The summed E-state index contributed by atoms with van der Waals surface area (Å²) in [5.74, 6) is 0.320. The number of thioether (sulfide) groups is 1. The lowest BCUT2D eigenvalue weighted by Crippen LogP contribution is -2.24. The van der Waals surface area contributed by atoms with Gasteiger partial charge in [-0.1, -0.05) is 17.1 Å². The van der Waals surface area contributed by atoms with Gasteiger partial charge in [-0.15, -0.1) is 11.8 Å². The Bertz CT molecular complexity index is 375. The molecule has 0 aliphatic carbocycles. The number of hydrogen-bond acceptors (Lipinski definition) is 9. The van der Waals surface area contributed by atoms with E-state index in [0.29, 0.717) is 30.4 Å². The molecule has 0 aromatic heterocycles. The first kappa shape index (κ1) is 21.2. The summed E-state index contributed by atoms with van der Waals surface area (Å²) in [4.78, 5) is 15.9. The number of carbonyl (C=O) groups is 1. The van der Waals surface area contributed by atoms with E-state index in [2.05, 4.69) is 20.0 Å². The van der Waals surface area contributed by atoms with Crippen LogP contribution in [0.4, 0.5) is 4.79 Å². The first-order valence-corrected chi connectivity index (χ1v) is 11.3. The van der Waals surface area contributed by atoms with Gasteiger partial charge in [0, 0.05) is 0 Å². The molecule has 0 bridgehead atoms. The Morgan fingerprint density at radius 3 is 2.48 bits per heavy atom. The van der Waals surface area contributed by atoms with Crippen molar-refractivity contribution in [1.29, 1.82) is 0 Å². The molecule has 0 aliphatic heterocycles. The van der Waals surface area contributed by atoms with Crippen molar-refractivity contribution in [1.82, 2.24) is 10.0 Å². The molecule has 0 saturated heterocycles. The molecule has 0 heterocycles. The van der Waals surface area contributed by atoms with E-state index < -0.39 is 12.6 Å². The predicted molar refractivity (Wildman–Crippen MR) is 94.2 cm³/mol. The van der Waals surface area contributed by atoms with Crippen molar-refractivity contribution < 1.29 is 18.7 Å². The Labute approximate surface area is 139 Å². The highest BCUT2D eigenvalue weighted by molar-refractivity contribution is 8.13. The maximum absolute atomic E-state index is 11.3. The molecule has 11 heteroatoms. The second kappa shape index (κ2) is 12.7. The smallest absolute Gasteiger partial charge is 0.329 e. The Hall–Kier alpha value is 0.170. The van der Waals surface area contributed by atoms with Gasteiger partial charge in [-0.25, -0.2) is 4.79 Å².